The molecule has 0 aromatic carbocycles. The summed E-state index contributed by atoms with van der Waals surface area (Å²) < 4.78 is 1.21. The van der Waals surface area contributed by atoms with E-state index in [0.29, 0.717) is 6.04 Å². The highest BCUT2D eigenvalue weighted by Gasteiger charge is 2.11. The van der Waals surface area contributed by atoms with Gasteiger partial charge in [0.25, 0.3) is 0 Å². The summed E-state index contributed by atoms with van der Waals surface area (Å²) >= 11 is 5.34. The van der Waals surface area contributed by atoms with Crippen molar-refractivity contribution in [2.45, 2.75) is 39.2 Å². The molecule has 0 aliphatic heterocycles. The van der Waals surface area contributed by atoms with Crippen LogP contribution in [-0.2, 0) is 0 Å². The normalized spacial score (nSPS) is 13.1. The first-order valence-corrected chi connectivity index (χ1v) is 6.92. The van der Waals surface area contributed by atoms with Crippen LogP contribution in [-0.4, -0.2) is 6.54 Å². The number of nitrogens with one attached hydrogen (secondary N) is 1. The summed E-state index contributed by atoms with van der Waals surface area (Å²) in [5, 5.41) is 5.75. The van der Waals surface area contributed by atoms with Gasteiger partial charge in [-0.25, -0.2) is 0 Å². The van der Waals surface area contributed by atoms with E-state index < -0.39 is 0 Å². The Morgan fingerprint density at radius 1 is 1.43 bits per heavy atom. The van der Waals surface area contributed by atoms with Gasteiger partial charge in [0.15, 0.2) is 0 Å². The topological polar surface area (TPSA) is 12.0 Å². The van der Waals surface area contributed by atoms with Crippen LogP contribution in [0.3, 0.4) is 0 Å². The second-order valence-electron chi connectivity index (χ2n) is 3.46. The minimum absolute atomic E-state index is 0.552. The van der Waals surface area contributed by atoms with Crippen LogP contribution in [0.1, 0.15) is 44.0 Å². The Kier molecular flexibility index (Phi) is 5.75. The van der Waals surface area contributed by atoms with Crippen molar-refractivity contribution in [1.29, 1.82) is 0 Å². The molecule has 1 rings (SSSR count). The van der Waals surface area contributed by atoms with Gasteiger partial charge in [-0.05, 0) is 41.4 Å². The molecule has 0 saturated heterocycles. The van der Waals surface area contributed by atoms with Gasteiger partial charge in [-0.2, -0.15) is 0 Å². The maximum atomic E-state index is 3.59. The summed E-state index contributed by atoms with van der Waals surface area (Å²) in [6, 6.07) is 2.78. The third kappa shape index (κ3) is 3.71. The fourth-order valence-electron chi connectivity index (χ4n) is 1.46. The lowest BCUT2D eigenvalue weighted by Crippen LogP contribution is -2.21. The molecule has 0 fully saturated rings. The van der Waals surface area contributed by atoms with Crippen LogP contribution in [0, 0.1) is 0 Å². The third-order valence-electron chi connectivity index (χ3n) is 2.15. The summed E-state index contributed by atoms with van der Waals surface area (Å²) in [6.45, 7) is 5.56. The highest BCUT2D eigenvalue weighted by atomic mass is 79.9. The molecule has 0 radical (unpaired) electrons. The fraction of sp³-hybridized carbons (Fsp3) is 0.636. The number of thiophene rings is 1. The molecule has 14 heavy (non-hydrogen) atoms. The van der Waals surface area contributed by atoms with Gasteiger partial charge in [0, 0.05) is 20.8 Å². The Morgan fingerprint density at radius 3 is 2.71 bits per heavy atom. The molecular weight excluding hydrogens is 258 g/mol. The van der Waals surface area contributed by atoms with E-state index in [-0.39, 0.29) is 0 Å². The minimum atomic E-state index is 0.552. The second-order valence-corrected chi connectivity index (χ2v) is 5.32. The molecule has 1 aromatic rings. The summed E-state index contributed by atoms with van der Waals surface area (Å²) in [5.41, 5.74) is 0. The maximum Gasteiger partial charge on any atom is 0.0415 e. The van der Waals surface area contributed by atoms with Gasteiger partial charge in [-0.3, -0.25) is 0 Å². The van der Waals surface area contributed by atoms with E-state index in [2.05, 4.69) is 46.5 Å². The Hall–Kier alpha value is 0.140. The molecular formula is C11H18BrNS. The van der Waals surface area contributed by atoms with E-state index in [9.17, 15) is 0 Å². The van der Waals surface area contributed by atoms with Gasteiger partial charge in [0.05, 0.1) is 0 Å². The minimum Gasteiger partial charge on any atom is -0.309 e. The Labute approximate surface area is 99.0 Å². The monoisotopic (exact) mass is 275 g/mol. The molecule has 1 N–H and O–H groups in total. The first-order chi connectivity index (χ1) is 6.77. The van der Waals surface area contributed by atoms with Gasteiger partial charge in [0.2, 0.25) is 0 Å². The zero-order valence-electron chi connectivity index (χ0n) is 8.85. The van der Waals surface area contributed by atoms with Gasteiger partial charge in [-0.1, -0.05) is 20.3 Å². The zero-order valence-corrected chi connectivity index (χ0v) is 11.2. The molecule has 1 unspecified atom stereocenters. The first kappa shape index (κ1) is 12.2. The van der Waals surface area contributed by atoms with Crippen molar-refractivity contribution < 1.29 is 0 Å². The second kappa shape index (κ2) is 6.59. The van der Waals surface area contributed by atoms with Gasteiger partial charge in [-0.15, -0.1) is 11.3 Å². The maximum absolute atomic E-state index is 3.59. The molecule has 0 spiro atoms. The largest absolute Gasteiger partial charge is 0.309 e. The van der Waals surface area contributed by atoms with E-state index in [0.717, 1.165) is 6.54 Å². The number of halogens is 1. The molecule has 80 valence electrons. The van der Waals surface area contributed by atoms with Crippen LogP contribution >= 0.6 is 27.3 Å². The predicted octanol–water partition coefficient (Wildman–Crippen LogP) is 4.35. The van der Waals surface area contributed by atoms with Crippen LogP contribution in [0.4, 0.5) is 0 Å². The fourth-order valence-corrected chi connectivity index (χ4v) is 3.02. The lowest BCUT2D eigenvalue weighted by Gasteiger charge is -2.15. The van der Waals surface area contributed by atoms with Crippen LogP contribution in [0.25, 0.3) is 0 Å². The van der Waals surface area contributed by atoms with Crippen LogP contribution in [0.2, 0.25) is 0 Å². The van der Waals surface area contributed by atoms with Gasteiger partial charge in [0.1, 0.15) is 0 Å². The van der Waals surface area contributed by atoms with E-state index >= 15 is 0 Å². The molecule has 0 aliphatic carbocycles. The van der Waals surface area contributed by atoms with Crippen molar-refractivity contribution >= 4 is 27.3 Å². The van der Waals surface area contributed by atoms with Crippen LogP contribution in [0.5, 0.6) is 0 Å². The van der Waals surface area contributed by atoms with E-state index in [1.54, 1.807) is 0 Å². The summed E-state index contributed by atoms with van der Waals surface area (Å²) in [6.07, 6.45) is 3.66. The van der Waals surface area contributed by atoms with Crippen molar-refractivity contribution in [3.63, 3.8) is 0 Å². The van der Waals surface area contributed by atoms with E-state index in [1.807, 2.05) is 11.3 Å². The number of hydrogen-bond donors (Lipinski definition) is 1. The van der Waals surface area contributed by atoms with E-state index in [1.165, 1.54) is 28.6 Å². The first-order valence-electron chi connectivity index (χ1n) is 5.25. The molecule has 0 amide bonds. The lowest BCUT2D eigenvalue weighted by atomic mass is 10.1. The Bertz CT molecular complexity index is 260. The quantitative estimate of drug-likeness (QED) is 0.814. The van der Waals surface area contributed by atoms with E-state index in [4.69, 9.17) is 0 Å². The molecule has 1 nitrogen and oxygen atoms in total. The van der Waals surface area contributed by atoms with Crippen molar-refractivity contribution in [2.75, 3.05) is 6.54 Å². The predicted molar refractivity (Wildman–Crippen MR) is 68.0 cm³/mol. The van der Waals surface area contributed by atoms with Gasteiger partial charge < -0.3 is 5.32 Å². The molecule has 1 atom stereocenters. The zero-order chi connectivity index (χ0) is 10.4. The summed E-state index contributed by atoms with van der Waals surface area (Å²) in [5.74, 6) is 0. The number of rotatable bonds is 6. The highest BCUT2D eigenvalue weighted by molar-refractivity contribution is 9.10. The average molecular weight is 276 g/mol. The van der Waals surface area contributed by atoms with Crippen molar-refractivity contribution in [1.82, 2.24) is 5.32 Å². The molecule has 0 bridgehead atoms. The highest BCUT2D eigenvalue weighted by Crippen LogP contribution is 2.28. The van der Waals surface area contributed by atoms with Crippen molar-refractivity contribution in [2.24, 2.45) is 0 Å². The Balaban J connectivity index is 2.57. The average Bonchev–Trinajstić information content (AvgIpc) is 2.59. The SMILES string of the molecule is CCCNC(CCC)c1cc(Br)cs1. The van der Waals surface area contributed by atoms with Crippen LogP contribution in [0.15, 0.2) is 15.9 Å². The van der Waals surface area contributed by atoms with Crippen LogP contribution < -0.4 is 5.32 Å². The van der Waals surface area contributed by atoms with Crippen molar-refractivity contribution in [3.05, 3.63) is 20.8 Å². The summed E-state index contributed by atoms with van der Waals surface area (Å²) in [4.78, 5) is 1.45. The summed E-state index contributed by atoms with van der Waals surface area (Å²) in [7, 11) is 0. The lowest BCUT2D eigenvalue weighted by molar-refractivity contribution is 0.500. The molecule has 0 aliphatic rings. The standard InChI is InChI=1S/C11H18BrNS/c1-3-5-10(13-6-4-2)11-7-9(12)8-14-11/h7-8,10,13H,3-6H2,1-2H3. The van der Waals surface area contributed by atoms with Crippen molar-refractivity contribution in [3.8, 4) is 0 Å². The molecule has 1 aromatic heterocycles. The third-order valence-corrected chi connectivity index (χ3v) is 3.96. The van der Waals surface area contributed by atoms with Gasteiger partial charge >= 0.3 is 0 Å². The smallest absolute Gasteiger partial charge is 0.0415 e. The molecule has 0 saturated carbocycles. The Morgan fingerprint density at radius 2 is 2.21 bits per heavy atom. The number of hydrogen-bond acceptors (Lipinski definition) is 2. The molecule has 3 heteroatoms. The molecule has 1 heterocycles.